The van der Waals surface area contributed by atoms with Crippen molar-refractivity contribution < 1.29 is 45.8 Å². The average Bonchev–Trinajstić information content (AvgIpc) is 3.01. The molecule has 12 heteroatoms. The average molecular weight is 597 g/mol. The van der Waals surface area contributed by atoms with Crippen LogP contribution < -0.4 is 4.74 Å². The number of ether oxygens (including phenoxy) is 1. The zero-order valence-corrected chi connectivity index (χ0v) is 24.5. The van der Waals surface area contributed by atoms with E-state index in [0.29, 0.717) is 32.2 Å². The van der Waals surface area contributed by atoms with Crippen LogP contribution in [-0.2, 0) is 23.2 Å². The number of imide groups is 1. The maximum absolute atomic E-state index is 13.5. The molecule has 0 saturated carbocycles. The summed E-state index contributed by atoms with van der Waals surface area (Å²) >= 11 is 0. The van der Waals surface area contributed by atoms with Crippen LogP contribution in [0.25, 0.3) is 0 Å². The highest BCUT2D eigenvalue weighted by atomic mass is 19.4. The van der Waals surface area contributed by atoms with Crippen LogP contribution in [-0.4, -0.2) is 64.9 Å². The number of amides is 3. The van der Waals surface area contributed by atoms with Crippen LogP contribution in [0.3, 0.4) is 0 Å². The summed E-state index contributed by atoms with van der Waals surface area (Å²) < 4.78 is 87.2. The number of halogens is 6. The number of rotatable bonds is 15. The maximum Gasteiger partial charge on any atom is 0.430 e. The van der Waals surface area contributed by atoms with Gasteiger partial charge < -0.3 is 14.7 Å². The normalized spacial score (nSPS) is 16.2. The standard InChI is InChI=1S/C29H42F6N2O4/c1-6-14-20-18-22(27(40,28(30,31)32)29(33,34)35)19-21(15-7-2)23(20)41-17-13-11-9-8-10-12-16-37-24(38)26(3,4)36(5)25(37)39/h18-19,40H,6-17H2,1-5H3. The molecule has 0 bridgehead atoms. The number of aliphatic hydroxyl groups is 1. The zero-order valence-electron chi connectivity index (χ0n) is 24.5. The number of unbranched alkanes of at least 4 members (excludes halogenated alkanes) is 5. The molecule has 0 unspecified atom stereocenters. The molecule has 2 rings (SSSR count). The van der Waals surface area contributed by atoms with Gasteiger partial charge in [-0.2, -0.15) is 26.3 Å². The van der Waals surface area contributed by atoms with E-state index in [0.717, 1.165) is 37.8 Å². The first kappa shape index (κ1) is 34.7. The number of carbonyl (C=O) groups is 2. The Labute approximate surface area is 238 Å². The first-order valence-electron chi connectivity index (χ1n) is 14.2. The maximum atomic E-state index is 13.5. The van der Waals surface area contributed by atoms with Crippen molar-refractivity contribution in [3.8, 4) is 5.75 Å². The molecule has 1 aliphatic rings. The number of likely N-dealkylation sites (N-methyl/N-ethyl adjacent to an activating group) is 1. The first-order chi connectivity index (χ1) is 18.9. The predicted octanol–water partition coefficient (Wildman–Crippen LogP) is 7.30. The van der Waals surface area contributed by atoms with Crippen LogP contribution in [0.15, 0.2) is 12.1 Å². The largest absolute Gasteiger partial charge is 0.493 e. The van der Waals surface area contributed by atoms with Crippen LogP contribution >= 0.6 is 0 Å². The van der Waals surface area contributed by atoms with Gasteiger partial charge in [-0.05, 0) is 62.8 Å². The van der Waals surface area contributed by atoms with Gasteiger partial charge >= 0.3 is 18.4 Å². The van der Waals surface area contributed by atoms with E-state index >= 15 is 0 Å². The lowest BCUT2D eigenvalue weighted by Crippen LogP contribution is -2.54. The topological polar surface area (TPSA) is 70.1 Å². The molecule has 3 amide bonds. The zero-order chi connectivity index (χ0) is 31.2. The van der Waals surface area contributed by atoms with Gasteiger partial charge in [0.05, 0.1) is 6.61 Å². The van der Waals surface area contributed by atoms with Gasteiger partial charge in [0, 0.05) is 19.2 Å². The minimum Gasteiger partial charge on any atom is -0.493 e. The fourth-order valence-corrected chi connectivity index (χ4v) is 4.98. The highest BCUT2D eigenvalue weighted by molar-refractivity contribution is 6.06. The van der Waals surface area contributed by atoms with Crippen LogP contribution in [0, 0.1) is 0 Å². The van der Waals surface area contributed by atoms with E-state index in [1.54, 1.807) is 34.7 Å². The second-order valence-electron chi connectivity index (χ2n) is 11.2. The number of hydrogen-bond donors (Lipinski definition) is 1. The Bertz CT molecular complexity index is 1010. The number of urea groups is 1. The molecular formula is C29H42F6N2O4. The summed E-state index contributed by atoms with van der Waals surface area (Å²) in [6, 6.07) is 1.25. The van der Waals surface area contributed by atoms with Crippen molar-refractivity contribution in [2.45, 2.75) is 115 Å². The number of nitrogens with zero attached hydrogens (tertiary/aromatic N) is 2. The molecule has 1 heterocycles. The Kier molecular flexibility index (Phi) is 11.6. The van der Waals surface area contributed by atoms with E-state index in [9.17, 15) is 41.0 Å². The first-order valence-corrected chi connectivity index (χ1v) is 14.2. The van der Waals surface area contributed by atoms with Gasteiger partial charge in [-0.15, -0.1) is 0 Å². The lowest BCUT2D eigenvalue weighted by molar-refractivity contribution is -0.376. The van der Waals surface area contributed by atoms with E-state index in [-0.39, 0.29) is 48.3 Å². The van der Waals surface area contributed by atoms with Crippen molar-refractivity contribution in [1.82, 2.24) is 9.80 Å². The Morgan fingerprint density at radius 3 is 1.71 bits per heavy atom. The third kappa shape index (κ3) is 7.48. The number of aryl methyl sites for hydroxylation is 2. The summed E-state index contributed by atoms with van der Waals surface area (Å²) in [6.45, 7) is 7.54. The van der Waals surface area contributed by atoms with Gasteiger partial charge in [-0.3, -0.25) is 9.69 Å². The van der Waals surface area contributed by atoms with Crippen LogP contribution in [0.5, 0.6) is 5.75 Å². The Morgan fingerprint density at radius 1 is 0.829 bits per heavy atom. The number of carbonyl (C=O) groups excluding carboxylic acids is 2. The van der Waals surface area contributed by atoms with E-state index in [1.165, 1.54) is 9.80 Å². The monoisotopic (exact) mass is 596 g/mol. The molecule has 0 aromatic heterocycles. The number of benzene rings is 1. The van der Waals surface area contributed by atoms with Gasteiger partial charge in [0.1, 0.15) is 11.3 Å². The summed E-state index contributed by atoms with van der Waals surface area (Å²) in [5.74, 6) is 0.0820. The van der Waals surface area contributed by atoms with Crippen LogP contribution in [0.4, 0.5) is 31.1 Å². The van der Waals surface area contributed by atoms with Crippen LogP contribution in [0.1, 0.15) is 95.8 Å². The van der Waals surface area contributed by atoms with Crippen molar-refractivity contribution in [3.05, 3.63) is 28.8 Å². The molecule has 1 saturated heterocycles. The second-order valence-corrected chi connectivity index (χ2v) is 11.2. The number of hydrogen-bond acceptors (Lipinski definition) is 4. The van der Waals surface area contributed by atoms with E-state index in [1.807, 2.05) is 0 Å². The molecule has 1 aliphatic heterocycles. The molecular weight excluding hydrogens is 554 g/mol. The van der Waals surface area contributed by atoms with E-state index in [4.69, 9.17) is 4.74 Å². The van der Waals surface area contributed by atoms with E-state index in [2.05, 4.69) is 0 Å². The predicted molar refractivity (Wildman–Crippen MR) is 143 cm³/mol. The molecule has 234 valence electrons. The minimum absolute atomic E-state index is 0.195. The molecule has 6 nitrogen and oxygen atoms in total. The van der Waals surface area contributed by atoms with Gasteiger partial charge in [-0.25, -0.2) is 4.79 Å². The number of alkyl halides is 6. The second kappa shape index (κ2) is 13.6. The summed E-state index contributed by atoms with van der Waals surface area (Å²) in [4.78, 5) is 27.4. The smallest absolute Gasteiger partial charge is 0.430 e. The Balaban J connectivity index is 1.97. The summed E-state index contributed by atoms with van der Waals surface area (Å²) in [6.07, 6.45) is -5.90. The lowest BCUT2D eigenvalue weighted by Gasteiger charge is -2.33. The minimum atomic E-state index is -5.95. The summed E-state index contributed by atoms with van der Waals surface area (Å²) in [5.41, 5.74) is -6.65. The van der Waals surface area contributed by atoms with Gasteiger partial charge in [-0.1, -0.05) is 52.4 Å². The van der Waals surface area contributed by atoms with Gasteiger partial charge in [0.2, 0.25) is 0 Å². The molecule has 1 fully saturated rings. The van der Waals surface area contributed by atoms with Crippen molar-refractivity contribution >= 4 is 11.9 Å². The quantitative estimate of drug-likeness (QED) is 0.131. The third-order valence-electron chi connectivity index (χ3n) is 7.67. The van der Waals surface area contributed by atoms with Crippen molar-refractivity contribution in [2.24, 2.45) is 0 Å². The fraction of sp³-hybridized carbons (Fsp3) is 0.724. The van der Waals surface area contributed by atoms with Crippen LogP contribution in [0.2, 0.25) is 0 Å². The molecule has 0 aliphatic carbocycles. The highest BCUT2D eigenvalue weighted by Gasteiger charge is 2.71. The molecule has 0 radical (unpaired) electrons. The lowest BCUT2D eigenvalue weighted by atomic mass is 9.87. The van der Waals surface area contributed by atoms with Crippen molar-refractivity contribution in [1.29, 1.82) is 0 Å². The molecule has 0 spiro atoms. The van der Waals surface area contributed by atoms with Crippen molar-refractivity contribution in [2.75, 3.05) is 20.2 Å². The molecule has 1 N–H and O–H groups in total. The van der Waals surface area contributed by atoms with Crippen molar-refractivity contribution in [3.63, 3.8) is 0 Å². The highest BCUT2D eigenvalue weighted by Crippen LogP contribution is 2.51. The van der Waals surface area contributed by atoms with Gasteiger partial charge in [0.25, 0.3) is 11.5 Å². The Hall–Kier alpha value is -2.50. The molecule has 41 heavy (non-hydrogen) atoms. The fourth-order valence-electron chi connectivity index (χ4n) is 4.98. The molecule has 1 aromatic carbocycles. The Morgan fingerprint density at radius 2 is 1.29 bits per heavy atom. The van der Waals surface area contributed by atoms with E-state index < -0.39 is 29.1 Å². The summed E-state index contributed by atoms with van der Waals surface area (Å²) in [5, 5.41) is 9.96. The molecule has 1 aromatic rings. The third-order valence-corrected chi connectivity index (χ3v) is 7.67. The molecule has 0 atom stereocenters. The summed E-state index contributed by atoms with van der Waals surface area (Å²) in [7, 11) is 1.61. The van der Waals surface area contributed by atoms with Gasteiger partial charge in [0.15, 0.2) is 0 Å². The SMILES string of the molecule is CCCc1cc(C(O)(C(F)(F)F)C(F)(F)F)cc(CCC)c1OCCCCCCCCN1C(=O)N(C)C(C)(C)C1=O.